The number of carbonyl (C=O) groups excluding carboxylic acids is 1. The largest absolute Gasteiger partial charge is 0.495 e. The SMILES string of the molecule is CCN(CC(=O)Nc1ccc2c(c1)c1ccccc1n2CC)S(=O)(=O)c1ccc(OC)c(Cl)c1. The molecule has 4 rings (SSSR count). The number of halogens is 1. The third-order valence-corrected chi connectivity index (χ3v) is 8.02. The normalized spacial score (nSPS) is 11.9. The minimum absolute atomic E-state index is 0.00162. The van der Waals surface area contributed by atoms with Crippen LogP contribution in [0.15, 0.2) is 65.6 Å². The maximum atomic E-state index is 13.1. The first-order valence-corrected chi connectivity index (χ1v) is 12.8. The van der Waals surface area contributed by atoms with Crippen LogP contribution in [-0.2, 0) is 21.4 Å². The first-order valence-electron chi connectivity index (χ1n) is 10.9. The van der Waals surface area contributed by atoms with Gasteiger partial charge in [0.05, 0.1) is 23.6 Å². The van der Waals surface area contributed by atoms with E-state index in [0.29, 0.717) is 11.4 Å². The molecule has 0 fully saturated rings. The van der Waals surface area contributed by atoms with Crippen LogP contribution >= 0.6 is 11.6 Å². The van der Waals surface area contributed by atoms with E-state index in [9.17, 15) is 13.2 Å². The molecule has 0 spiro atoms. The van der Waals surface area contributed by atoms with Crippen molar-refractivity contribution < 1.29 is 17.9 Å². The Labute approximate surface area is 203 Å². The van der Waals surface area contributed by atoms with E-state index in [1.54, 1.807) is 6.92 Å². The van der Waals surface area contributed by atoms with Gasteiger partial charge in [-0.05, 0) is 49.4 Å². The summed E-state index contributed by atoms with van der Waals surface area (Å²) in [5, 5.41) is 5.16. The summed E-state index contributed by atoms with van der Waals surface area (Å²) in [5.74, 6) is -0.0511. The molecule has 34 heavy (non-hydrogen) atoms. The van der Waals surface area contributed by atoms with Crippen molar-refractivity contribution in [2.75, 3.05) is 25.5 Å². The van der Waals surface area contributed by atoms with E-state index >= 15 is 0 Å². The van der Waals surface area contributed by atoms with E-state index < -0.39 is 15.9 Å². The predicted molar refractivity (Wildman–Crippen MR) is 136 cm³/mol. The molecule has 4 aromatic rings. The van der Waals surface area contributed by atoms with E-state index in [2.05, 4.69) is 28.9 Å². The third-order valence-electron chi connectivity index (χ3n) is 5.81. The molecular formula is C25H26ClN3O4S. The highest BCUT2D eigenvalue weighted by molar-refractivity contribution is 7.89. The van der Waals surface area contributed by atoms with E-state index in [-0.39, 0.29) is 23.0 Å². The second kappa shape index (κ2) is 9.66. The van der Waals surface area contributed by atoms with E-state index in [1.165, 1.54) is 25.3 Å². The minimum Gasteiger partial charge on any atom is -0.495 e. The van der Waals surface area contributed by atoms with Crippen LogP contribution in [0.1, 0.15) is 13.8 Å². The molecule has 0 saturated heterocycles. The van der Waals surface area contributed by atoms with Crippen molar-refractivity contribution in [3.05, 3.63) is 65.7 Å². The zero-order chi connectivity index (χ0) is 24.5. The molecule has 1 aromatic heterocycles. The molecule has 0 aliphatic carbocycles. The third kappa shape index (κ3) is 4.36. The number of nitrogens with zero attached hydrogens (tertiary/aromatic N) is 2. The predicted octanol–water partition coefficient (Wildman–Crippen LogP) is 5.13. The monoisotopic (exact) mass is 499 g/mol. The van der Waals surface area contributed by atoms with Crippen LogP contribution in [0.3, 0.4) is 0 Å². The van der Waals surface area contributed by atoms with Crippen molar-refractivity contribution in [3.8, 4) is 5.75 Å². The molecule has 178 valence electrons. The Kier molecular flexibility index (Phi) is 6.84. The van der Waals surface area contributed by atoms with Gasteiger partial charge in [-0.15, -0.1) is 0 Å². The van der Waals surface area contributed by atoms with Crippen LogP contribution < -0.4 is 10.1 Å². The van der Waals surface area contributed by atoms with Gasteiger partial charge in [0.15, 0.2) is 0 Å². The fourth-order valence-electron chi connectivity index (χ4n) is 4.16. The van der Waals surface area contributed by atoms with Crippen LogP contribution in [0, 0.1) is 0 Å². The molecule has 1 N–H and O–H groups in total. The summed E-state index contributed by atoms with van der Waals surface area (Å²) in [6, 6.07) is 18.1. The lowest BCUT2D eigenvalue weighted by atomic mass is 10.1. The van der Waals surface area contributed by atoms with Crippen molar-refractivity contribution >= 4 is 55.0 Å². The van der Waals surface area contributed by atoms with Gasteiger partial charge in [0, 0.05) is 40.6 Å². The number of hydrogen-bond acceptors (Lipinski definition) is 4. The zero-order valence-corrected chi connectivity index (χ0v) is 20.8. The van der Waals surface area contributed by atoms with Gasteiger partial charge in [0.25, 0.3) is 0 Å². The van der Waals surface area contributed by atoms with Gasteiger partial charge >= 0.3 is 0 Å². The van der Waals surface area contributed by atoms with Gasteiger partial charge in [-0.3, -0.25) is 4.79 Å². The number of nitrogens with one attached hydrogen (secondary N) is 1. The standard InChI is InChI=1S/C25H26ClN3O4S/c1-4-28(34(31,32)18-11-13-24(33-3)21(26)15-18)16-25(30)27-17-10-12-23-20(14-17)19-8-6-7-9-22(19)29(23)5-2/h6-15H,4-5,16H2,1-3H3,(H,27,30). The molecule has 0 bridgehead atoms. The Morgan fingerprint density at radius 3 is 2.44 bits per heavy atom. The number of anilines is 1. The topological polar surface area (TPSA) is 80.6 Å². The number of para-hydroxylation sites is 1. The second-order valence-corrected chi connectivity index (χ2v) is 10.1. The molecule has 9 heteroatoms. The minimum atomic E-state index is -3.92. The van der Waals surface area contributed by atoms with E-state index in [4.69, 9.17) is 16.3 Å². The maximum Gasteiger partial charge on any atom is 0.243 e. The van der Waals surface area contributed by atoms with Crippen LogP contribution in [0.4, 0.5) is 5.69 Å². The average molecular weight is 500 g/mol. The number of ether oxygens (including phenoxy) is 1. The van der Waals surface area contributed by atoms with Gasteiger partial charge in [-0.25, -0.2) is 8.42 Å². The van der Waals surface area contributed by atoms with Crippen LogP contribution in [0.25, 0.3) is 21.8 Å². The fourth-order valence-corrected chi connectivity index (χ4v) is 5.91. The molecule has 1 heterocycles. The summed E-state index contributed by atoms with van der Waals surface area (Å²) < 4.78 is 34.6. The Morgan fingerprint density at radius 2 is 1.76 bits per heavy atom. The van der Waals surface area contributed by atoms with Gasteiger partial charge < -0.3 is 14.6 Å². The number of carbonyl (C=O) groups is 1. The molecule has 0 radical (unpaired) electrons. The summed E-state index contributed by atoms with van der Waals surface area (Å²) in [4.78, 5) is 12.8. The van der Waals surface area contributed by atoms with Crippen LogP contribution in [0.5, 0.6) is 5.75 Å². The molecule has 0 atom stereocenters. The lowest BCUT2D eigenvalue weighted by Gasteiger charge is -2.20. The van der Waals surface area contributed by atoms with Gasteiger partial charge in [-0.2, -0.15) is 4.31 Å². The molecule has 0 saturated carbocycles. The van der Waals surface area contributed by atoms with Crippen molar-refractivity contribution in [2.45, 2.75) is 25.3 Å². The number of fused-ring (bicyclic) bond motifs is 3. The van der Waals surface area contributed by atoms with Crippen molar-refractivity contribution in [3.63, 3.8) is 0 Å². The van der Waals surface area contributed by atoms with Crippen LogP contribution in [-0.4, -0.2) is 43.4 Å². The summed E-state index contributed by atoms with van der Waals surface area (Å²) >= 11 is 6.11. The molecule has 1 amide bonds. The van der Waals surface area contributed by atoms with Gasteiger partial charge in [0.2, 0.25) is 15.9 Å². The Balaban J connectivity index is 1.57. The highest BCUT2D eigenvalue weighted by Gasteiger charge is 2.26. The average Bonchev–Trinajstić information content (AvgIpc) is 3.15. The number of aromatic nitrogens is 1. The van der Waals surface area contributed by atoms with E-state index in [0.717, 1.165) is 32.7 Å². The molecule has 0 unspecified atom stereocenters. The molecular weight excluding hydrogens is 474 g/mol. The molecule has 0 aliphatic rings. The molecule has 3 aromatic carbocycles. The van der Waals surface area contributed by atoms with E-state index in [1.807, 2.05) is 30.3 Å². The number of aryl methyl sites for hydroxylation is 1. The number of sulfonamides is 1. The van der Waals surface area contributed by atoms with Crippen molar-refractivity contribution in [1.29, 1.82) is 0 Å². The van der Waals surface area contributed by atoms with Crippen molar-refractivity contribution in [1.82, 2.24) is 8.87 Å². The fraction of sp³-hybridized carbons (Fsp3) is 0.240. The Bertz CT molecular complexity index is 1480. The number of likely N-dealkylation sites (N-methyl/N-ethyl adjacent to an activating group) is 1. The van der Waals surface area contributed by atoms with Crippen molar-refractivity contribution in [2.24, 2.45) is 0 Å². The highest BCUT2D eigenvalue weighted by atomic mass is 35.5. The first kappa shape index (κ1) is 24.1. The Hall–Kier alpha value is -3.07. The smallest absolute Gasteiger partial charge is 0.243 e. The number of methoxy groups -OCH3 is 1. The number of benzene rings is 3. The van der Waals surface area contributed by atoms with Gasteiger partial charge in [0.1, 0.15) is 5.75 Å². The number of hydrogen-bond donors (Lipinski definition) is 1. The highest BCUT2D eigenvalue weighted by Crippen LogP contribution is 2.31. The summed E-state index contributed by atoms with van der Waals surface area (Å²) in [6.45, 7) is 4.41. The summed E-state index contributed by atoms with van der Waals surface area (Å²) in [6.07, 6.45) is 0. The second-order valence-electron chi connectivity index (χ2n) is 7.77. The maximum absolute atomic E-state index is 13.1. The zero-order valence-electron chi connectivity index (χ0n) is 19.2. The molecule has 0 aliphatic heterocycles. The first-order chi connectivity index (χ1) is 16.3. The summed E-state index contributed by atoms with van der Waals surface area (Å²) in [5.41, 5.74) is 2.82. The lowest BCUT2D eigenvalue weighted by molar-refractivity contribution is -0.116. The Morgan fingerprint density at radius 1 is 1.03 bits per heavy atom. The number of rotatable bonds is 8. The summed E-state index contributed by atoms with van der Waals surface area (Å²) in [7, 11) is -2.47. The van der Waals surface area contributed by atoms with Crippen LogP contribution in [0.2, 0.25) is 5.02 Å². The van der Waals surface area contributed by atoms with Gasteiger partial charge in [-0.1, -0.05) is 36.7 Å². The molecule has 7 nitrogen and oxygen atoms in total. The quantitative estimate of drug-likeness (QED) is 0.364. The lowest BCUT2D eigenvalue weighted by Crippen LogP contribution is -2.37. The number of amides is 1.